The van der Waals surface area contributed by atoms with Crippen LogP contribution in [0.2, 0.25) is 0 Å². The first-order valence-electron chi connectivity index (χ1n) is 9.56. The van der Waals surface area contributed by atoms with Crippen molar-refractivity contribution in [1.29, 1.82) is 0 Å². The molecule has 0 saturated carbocycles. The number of carbonyl (C=O) groups excluding carboxylic acids is 3. The third kappa shape index (κ3) is 7.02. The fourth-order valence-electron chi connectivity index (χ4n) is 3.57. The Morgan fingerprint density at radius 3 is 2.04 bits per heavy atom. The van der Waals surface area contributed by atoms with E-state index in [1.807, 2.05) is 32.4 Å². The van der Waals surface area contributed by atoms with E-state index < -0.39 is 21.8 Å². The van der Waals surface area contributed by atoms with Gasteiger partial charge in [-0.2, -0.15) is 0 Å². The van der Waals surface area contributed by atoms with Gasteiger partial charge in [-0.25, -0.2) is 0 Å². The zero-order chi connectivity index (χ0) is 19.7. The lowest BCUT2D eigenvalue weighted by Gasteiger charge is -2.37. The minimum Gasteiger partial charge on any atom is -0.369 e. The maximum atomic E-state index is 12.4. The third-order valence-electron chi connectivity index (χ3n) is 4.99. The van der Waals surface area contributed by atoms with Gasteiger partial charge >= 0.3 is 0 Å². The van der Waals surface area contributed by atoms with Gasteiger partial charge < -0.3 is 16.4 Å². The molecule has 0 bridgehead atoms. The smallest absolute Gasteiger partial charge is 0.236 e. The highest BCUT2D eigenvalue weighted by Crippen LogP contribution is 2.26. The number of likely N-dealkylation sites (tertiary alicyclic amines) is 1. The Morgan fingerprint density at radius 2 is 1.62 bits per heavy atom. The summed E-state index contributed by atoms with van der Waals surface area (Å²) in [6.07, 6.45) is 5.23. The fourth-order valence-corrected chi connectivity index (χ4v) is 4.38. The van der Waals surface area contributed by atoms with Gasteiger partial charge in [-0.15, -0.1) is 0 Å². The number of halogens is 1. The van der Waals surface area contributed by atoms with Crippen molar-refractivity contribution < 1.29 is 14.4 Å². The number of alkyl halides is 1. The zero-order valence-corrected chi connectivity index (χ0v) is 18.1. The van der Waals surface area contributed by atoms with Gasteiger partial charge in [0.05, 0.1) is 0 Å². The minimum atomic E-state index is -0.653. The van der Waals surface area contributed by atoms with Crippen LogP contribution in [0, 0.1) is 5.92 Å². The molecule has 26 heavy (non-hydrogen) atoms. The number of piperidine rings is 1. The number of amides is 3. The average Bonchev–Trinajstić information content (AvgIpc) is 2.60. The quantitative estimate of drug-likeness (QED) is 0.343. The second-order valence-electron chi connectivity index (χ2n) is 7.05. The van der Waals surface area contributed by atoms with Gasteiger partial charge in [-0.3, -0.25) is 19.3 Å². The molecule has 1 heterocycles. The van der Waals surface area contributed by atoms with Crippen LogP contribution < -0.4 is 11.5 Å². The van der Waals surface area contributed by atoms with Crippen molar-refractivity contribution in [1.82, 2.24) is 9.80 Å². The normalized spacial score (nSPS) is 18.3. The third-order valence-corrected chi connectivity index (χ3v) is 6.28. The SMILES string of the molecule is CCCN(CCC)C(=O)CCC1CCN(C(C(N)=O)C(I)C(N)=O)CC1. The number of carbonyl (C=O) groups is 3. The standard InChI is InChI=1S/C18H33IN4O3/c1-3-9-22(10-4-2)14(24)6-5-13-7-11-23(12-8-13)16(18(21)26)15(19)17(20)25/h13,15-16H,3-12H2,1-2H3,(H2,20,25)(H2,21,26). The number of primary amides is 2. The minimum absolute atomic E-state index is 0.243. The molecule has 8 heteroatoms. The number of hydrogen-bond acceptors (Lipinski definition) is 4. The number of nitrogens with zero attached hydrogens (tertiary/aromatic N) is 2. The Hall–Kier alpha value is -0.900. The lowest BCUT2D eigenvalue weighted by atomic mass is 9.90. The van der Waals surface area contributed by atoms with Crippen LogP contribution in [0.5, 0.6) is 0 Å². The van der Waals surface area contributed by atoms with E-state index in [0.717, 1.165) is 45.2 Å². The van der Waals surface area contributed by atoms with E-state index >= 15 is 0 Å². The highest BCUT2D eigenvalue weighted by Gasteiger charge is 2.36. The summed E-state index contributed by atoms with van der Waals surface area (Å²) in [6, 6.07) is -0.653. The predicted molar refractivity (Wildman–Crippen MR) is 111 cm³/mol. The molecule has 7 nitrogen and oxygen atoms in total. The second kappa shape index (κ2) is 11.7. The molecule has 0 spiro atoms. The number of rotatable bonds is 11. The zero-order valence-electron chi connectivity index (χ0n) is 16.0. The lowest BCUT2D eigenvalue weighted by Crippen LogP contribution is -2.55. The summed E-state index contributed by atoms with van der Waals surface area (Å²) in [7, 11) is 0. The van der Waals surface area contributed by atoms with Crippen LogP contribution in [0.1, 0.15) is 52.4 Å². The molecule has 0 aromatic carbocycles. The Balaban J connectivity index is 2.49. The first-order chi connectivity index (χ1) is 12.3. The van der Waals surface area contributed by atoms with Gasteiger partial charge in [0.25, 0.3) is 0 Å². The summed E-state index contributed by atoms with van der Waals surface area (Å²) in [5, 5.41) is 0. The second-order valence-corrected chi connectivity index (χ2v) is 8.39. The molecule has 1 rings (SSSR count). The van der Waals surface area contributed by atoms with Crippen LogP contribution in [0.15, 0.2) is 0 Å². The highest BCUT2D eigenvalue weighted by atomic mass is 127. The molecule has 4 N–H and O–H groups in total. The van der Waals surface area contributed by atoms with E-state index in [9.17, 15) is 14.4 Å². The van der Waals surface area contributed by atoms with Crippen molar-refractivity contribution in [2.45, 2.75) is 62.3 Å². The Kier molecular flexibility index (Phi) is 10.4. The van der Waals surface area contributed by atoms with Crippen LogP contribution in [0.25, 0.3) is 0 Å². The van der Waals surface area contributed by atoms with E-state index in [0.29, 0.717) is 25.4 Å². The Labute approximate surface area is 170 Å². The van der Waals surface area contributed by atoms with Gasteiger partial charge in [0.15, 0.2) is 0 Å². The van der Waals surface area contributed by atoms with Crippen molar-refractivity contribution in [2.75, 3.05) is 26.2 Å². The molecule has 0 aliphatic carbocycles. The van der Waals surface area contributed by atoms with Gasteiger partial charge in [-0.05, 0) is 51.1 Å². The molecule has 1 saturated heterocycles. The van der Waals surface area contributed by atoms with E-state index in [-0.39, 0.29) is 5.91 Å². The van der Waals surface area contributed by atoms with Crippen LogP contribution in [0.4, 0.5) is 0 Å². The molecule has 0 radical (unpaired) electrons. The monoisotopic (exact) mass is 480 g/mol. The first-order valence-corrected chi connectivity index (χ1v) is 10.8. The van der Waals surface area contributed by atoms with Crippen molar-refractivity contribution in [2.24, 2.45) is 17.4 Å². The molecule has 0 aromatic rings. The van der Waals surface area contributed by atoms with Gasteiger partial charge in [-0.1, -0.05) is 36.4 Å². The van der Waals surface area contributed by atoms with Gasteiger partial charge in [0.2, 0.25) is 17.7 Å². The molecule has 1 aliphatic rings. The summed E-state index contributed by atoms with van der Waals surface area (Å²) in [5.41, 5.74) is 10.8. The summed E-state index contributed by atoms with van der Waals surface area (Å²) in [5.74, 6) is -0.317. The van der Waals surface area contributed by atoms with E-state index in [1.165, 1.54) is 0 Å². The summed E-state index contributed by atoms with van der Waals surface area (Å²) in [4.78, 5) is 39.5. The average molecular weight is 480 g/mol. The summed E-state index contributed by atoms with van der Waals surface area (Å²) < 4.78 is -0.625. The Bertz CT molecular complexity index is 475. The molecule has 0 aromatic heterocycles. The van der Waals surface area contributed by atoms with Crippen LogP contribution in [0.3, 0.4) is 0 Å². The van der Waals surface area contributed by atoms with Gasteiger partial charge in [0.1, 0.15) is 9.97 Å². The highest BCUT2D eigenvalue weighted by molar-refractivity contribution is 14.1. The van der Waals surface area contributed by atoms with Crippen molar-refractivity contribution in [3.05, 3.63) is 0 Å². The maximum Gasteiger partial charge on any atom is 0.236 e. The van der Waals surface area contributed by atoms with Crippen molar-refractivity contribution in [3.63, 3.8) is 0 Å². The predicted octanol–water partition coefficient (Wildman–Crippen LogP) is 1.27. The molecule has 2 unspecified atom stereocenters. The molecular weight excluding hydrogens is 447 g/mol. The molecule has 1 fully saturated rings. The van der Waals surface area contributed by atoms with Crippen LogP contribution in [-0.2, 0) is 14.4 Å². The molecule has 150 valence electrons. The van der Waals surface area contributed by atoms with E-state index in [2.05, 4.69) is 13.8 Å². The van der Waals surface area contributed by atoms with E-state index in [4.69, 9.17) is 11.5 Å². The first kappa shape index (κ1) is 23.1. The molecule has 3 amide bonds. The summed E-state index contributed by atoms with van der Waals surface area (Å²) >= 11 is 1.90. The topological polar surface area (TPSA) is 110 Å². The number of nitrogens with two attached hydrogens (primary N) is 2. The number of hydrogen-bond donors (Lipinski definition) is 2. The van der Waals surface area contributed by atoms with Crippen LogP contribution >= 0.6 is 22.6 Å². The summed E-state index contributed by atoms with van der Waals surface area (Å²) in [6.45, 7) is 7.24. The van der Waals surface area contributed by atoms with E-state index in [1.54, 1.807) is 0 Å². The van der Waals surface area contributed by atoms with Gasteiger partial charge in [0, 0.05) is 19.5 Å². The lowest BCUT2D eigenvalue weighted by molar-refractivity contribution is -0.131. The Morgan fingerprint density at radius 1 is 1.08 bits per heavy atom. The van der Waals surface area contributed by atoms with Crippen LogP contribution in [-0.4, -0.2) is 63.7 Å². The maximum absolute atomic E-state index is 12.4. The molecular formula is C18H33IN4O3. The van der Waals surface area contributed by atoms with Crippen molar-refractivity contribution >= 4 is 40.3 Å². The fraction of sp³-hybridized carbons (Fsp3) is 0.833. The largest absolute Gasteiger partial charge is 0.369 e. The molecule has 2 atom stereocenters. The van der Waals surface area contributed by atoms with Crippen molar-refractivity contribution in [3.8, 4) is 0 Å². The molecule has 1 aliphatic heterocycles.